The molecule has 0 saturated carbocycles. The average molecular weight is 235 g/mol. The smallest absolute Gasteiger partial charge is 0.294 e. The van der Waals surface area contributed by atoms with Crippen molar-refractivity contribution in [1.29, 1.82) is 0 Å². The number of rotatable bonds is 2. The van der Waals surface area contributed by atoms with Crippen LogP contribution in [-0.4, -0.2) is 24.2 Å². The van der Waals surface area contributed by atoms with Crippen LogP contribution in [0, 0.1) is 6.92 Å². The number of benzene rings is 1. The SMILES string of the molecule is Cc1ccc(NC(=O)C2=COCCO2)c(O)c1. The molecule has 0 unspecified atom stereocenters. The van der Waals surface area contributed by atoms with Crippen LogP contribution < -0.4 is 5.32 Å². The molecule has 1 aromatic rings. The van der Waals surface area contributed by atoms with Crippen molar-refractivity contribution in [3.05, 3.63) is 35.8 Å². The lowest BCUT2D eigenvalue weighted by molar-refractivity contribution is -0.117. The van der Waals surface area contributed by atoms with E-state index >= 15 is 0 Å². The Labute approximate surface area is 98.7 Å². The van der Waals surface area contributed by atoms with Crippen LogP contribution in [0.4, 0.5) is 5.69 Å². The topological polar surface area (TPSA) is 67.8 Å². The average Bonchev–Trinajstić information content (AvgIpc) is 2.34. The molecule has 0 atom stereocenters. The summed E-state index contributed by atoms with van der Waals surface area (Å²) < 4.78 is 10.1. The van der Waals surface area contributed by atoms with E-state index in [-0.39, 0.29) is 11.5 Å². The lowest BCUT2D eigenvalue weighted by Gasteiger charge is -2.15. The molecule has 0 aliphatic carbocycles. The molecule has 90 valence electrons. The summed E-state index contributed by atoms with van der Waals surface area (Å²) >= 11 is 0. The maximum Gasteiger partial charge on any atom is 0.294 e. The van der Waals surface area contributed by atoms with Crippen molar-refractivity contribution in [2.24, 2.45) is 0 Å². The molecule has 0 bridgehead atoms. The number of nitrogens with one attached hydrogen (secondary N) is 1. The summed E-state index contributed by atoms with van der Waals surface area (Å²) in [5.74, 6) is -0.309. The van der Waals surface area contributed by atoms with Gasteiger partial charge in [-0.25, -0.2) is 0 Å². The minimum Gasteiger partial charge on any atom is -0.506 e. The molecule has 17 heavy (non-hydrogen) atoms. The zero-order valence-corrected chi connectivity index (χ0v) is 9.40. The van der Waals surface area contributed by atoms with Gasteiger partial charge in [-0.3, -0.25) is 4.79 Å². The first-order chi connectivity index (χ1) is 8.16. The molecule has 2 rings (SSSR count). The summed E-state index contributed by atoms with van der Waals surface area (Å²) in [6, 6.07) is 5.00. The second-order valence-corrected chi connectivity index (χ2v) is 3.68. The Morgan fingerprint density at radius 2 is 2.24 bits per heavy atom. The zero-order chi connectivity index (χ0) is 12.3. The van der Waals surface area contributed by atoms with Crippen molar-refractivity contribution < 1.29 is 19.4 Å². The maximum atomic E-state index is 11.7. The Morgan fingerprint density at radius 1 is 1.41 bits per heavy atom. The van der Waals surface area contributed by atoms with Gasteiger partial charge in [0, 0.05) is 0 Å². The Balaban J connectivity index is 2.10. The van der Waals surface area contributed by atoms with E-state index in [4.69, 9.17) is 9.47 Å². The van der Waals surface area contributed by atoms with Crippen LogP contribution in [-0.2, 0) is 14.3 Å². The number of anilines is 1. The van der Waals surface area contributed by atoms with Gasteiger partial charge in [0.05, 0.1) is 5.69 Å². The van der Waals surface area contributed by atoms with Gasteiger partial charge in [-0.1, -0.05) is 6.07 Å². The number of amides is 1. The quantitative estimate of drug-likeness (QED) is 0.763. The van der Waals surface area contributed by atoms with E-state index in [1.807, 2.05) is 6.92 Å². The normalized spacial score (nSPS) is 14.3. The third-order valence-electron chi connectivity index (χ3n) is 2.27. The molecule has 0 fully saturated rings. The van der Waals surface area contributed by atoms with Crippen LogP contribution in [0.2, 0.25) is 0 Å². The Bertz CT molecular complexity index is 468. The van der Waals surface area contributed by atoms with Crippen molar-refractivity contribution in [3.63, 3.8) is 0 Å². The van der Waals surface area contributed by atoms with E-state index in [0.717, 1.165) is 5.56 Å². The van der Waals surface area contributed by atoms with Crippen molar-refractivity contribution in [1.82, 2.24) is 0 Å². The summed E-state index contributed by atoms with van der Waals surface area (Å²) in [5.41, 5.74) is 1.26. The Kier molecular flexibility index (Phi) is 3.18. The molecule has 1 heterocycles. The molecule has 1 aliphatic heterocycles. The highest BCUT2D eigenvalue weighted by Crippen LogP contribution is 2.24. The van der Waals surface area contributed by atoms with E-state index in [1.165, 1.54) is 6.26 Å². The molecule has 0 aromatic heterocycles. The fraction of sp³-hybridized carbons (Fsp3) is 0.250. The first kappa shape index (κ1) is 11.3. The highest BCUT2D eigenvalue weighted by atomic mass is 16.6. The summed E-state index contributed by atoms with van der Waals surface area (Å²) in [5, 5.41) is 12.2. The first-order valence-corrected chi connectivity index (χ1v) is 5.22. The van der Waals surface area contributed by atoms with Crippen LogP contribution in [0.1, 0.15) is 5.56 Å². The largest absolute Gasteiger partial charge is 0.506 e. The fourth-order valence-electron chi connectivity index (χ4n) is 1.42. The van der Waals surface area contributed by atoms with Crippen molar-refractivity contribution >= 4 is 11.6 Å². The number of carbonyl (C=O) groups is 1. The van der Waals surface area contributed by atoms with E-state index in [9.17, 15) is 9.90 Å². The van der Waals surface area contributed by atoms with Gasteiger partial charge in [-0.15, -0.1) is 0 Å². The molecule has 1 aromatic carbocycles. The van der Waals surface area contributed by atoms with E-state index in [2.05, 4.69) is 5.32 Å². The molecule has 5 heteroatoms. The summed E-state index contributed by atoms with van der Waals surface area (Å²) in [7, 11) is 0. The number of phenolic OH excluding ortho intramolecular Hbond substituents is 1. The van der Waals surface area contributed by atoms with Crippen LogP contribution >= 0.6 is 0 Å². The van der Waals surface area contributed by atoms with Crippen LogP contribution in [0.5, 0.6) is 5.75 Å². The van der Waals surface area contributed by atoms with Crippen molar-refractivity contribution in [3.8, 4) is 5.75 Å². The second-order valence-electron chi connectivity index (χ2n) is 3.68. The lowest BCUT2D eigenvalue weighted by Crippen LogP contribution is -2.21. The van der Waals surface area contributed by atoms with E-state index in [0.29, 0.717) is 18.9 Å². The van der Waals surface area contributed by atoms with Crippen LogP contribution in [0.3, 0.4) is 0 Å². The van der Waals surface area contributed by atoms with E-state index in [1.54, 1.807) is 18.2 Å². The Hall–Kier alpha value is -2.17. The number of ether oxygens (including phenoxy) is 2. The van der Waals surface area contributed by atoms with Gasteiger partial charge in [-0.2, -0.15) is 0 Å². The van der Waals surface area contributed by atoms with E-state index < -0.39 is 5.91 Å². The fourth-order valence-corrected chi connectivity index (χ4v) is 1.42. The van der Waals surface area contributed by atoms with Gasteiger partial charge in [0.15, 0.2) is 0 Å². The van der Waals surface area contributed by atoms with Crippen LogP contribution in [0.15, 0.2) is 30.2 Å². The predicted octanol–water partition coefficient (Wildman–Crippen LogP) is 1.53. The van der Waals surface area contributed by atoms with Crippen LogP contribution in [0.25, 0.3) is 0 Å². The third-order valence-corrected chi connectivity index (χ3v) is 2.27. The molecular formula is C12H13NO4. The number of carbonyl (C=O) groups excluding carboxylic acids is 1. The molecule has 1 aliphatic rings. The molecule has 5 nitrogen and oxygen atoms in total. The van der Waals surface area contributed by atoms with Gasteiger partial charge < -0.3 is 19.9 Å². The minimum absolute atomic E-state index is 0.0238. The first-order valence-electron chi connectivity index (χ1n) is 5.22. The number of hydrogen-bond acceptors (Lipinski definition) is 4. The number of aryl methyl sites for hydroxylation is 1. The van der Waals surface area contributed by atoms with Gasteiger partial charge in [-0.05, 0) is 24.6 Å². The molecular weight excluding hydrogens is 222 g/mol. The van der Waals surface area contributed by atoms with Gasteiger partial charge >= 0.3 is 0 Å². The molecule has 0 saturated heterocycles. The molecule has 1 amide bonds. The summed E-state index contributed by atoms with van der Waals surface area (Å²) in [6.45, 7) is 2.64. The Morgan fingerprint density at radius 3 is 2.88 bits per heavy atom. The minimum atomic E-state index is -0.441. The number of aromatic hydroxyl groups is 1. The van der Waals surface area contributed by atoms with Gasteiger partial charge in [0.25, 0.3) is 5.91 Å². The second kappa shape index (κ2) is 4.78. The van der Waals surface area contributed by atoms with Crippen molar-refractivity contribution in [2.45, 2.75) is 6.92 Å². The van der Waals surface area contributed by atoms with Crippen molar-refractivity contribution in [2.75, 3.05) is 18.5 Å². The third kappa shape index (κ3) is 2.69. The zero-order valence-electron chi connectivity index (χ0n) is 9.40. The molecule has 0 spiro atoms. The highest BCUT2D eigenvalue weighted by molar-refractivity contribution is 6.02. The highest BCUT2D eigenvalue weighted by Gasteiger charge is 2.16. The standard InChI is InChI=1S/C12H13NO4/c1-8-2-3-9(10(14)6-8)13-12(15)11-7-16-4-5-17-11/h2-3,6-7,14H,4-5H2,1H3,(H,13,15). The maximum absolute atomic E-state index is 11.7. The summed E-state index contributed by atoms with van der Waals surface area (Å²) in [6.07, 6.45) is 1.27. The lowest BCUT2D eigenvalue weighted by atomic mass is 10.2. The number of hydrogen-bond donors (Lipinski definition) is 2. The predicted molar refractivity (Wildman–Crippen MR) is 61.5 cm³/mol. The monoisotopic (exact) mass is 235 g/mol. The molecule has 2 N–H and O–H groups in total. The van der Waals surface area contributed by atoms with Gasteiger partial charge in [0.1, 0.15) is 25.2 Å². The molecule has 0 radical (unpaired) electrons. The number of phenols is 1. The summed E-state index contributed by atoms with van der Waals surface area (Å²) in [4.78, 5) is 11.7. The van der Waals surface area contributed by atoms with Gasteiger partial charge in [0.2, 0.25) is 5.76 Å².